The van der Waals surface area contributed by atoms with Crippen LogP contribution in [0.5, 0.6) is 0 Å². The van der Waals surface area contributed by atoms with Crippen molar-refractivity contribution in [1.29, 1.82) is 0 Å². The Kier molecular flexibility index (Phi) is 5.50. The summed E-state index contributed by atoms with van der Waals surface area (Å²) in [6.07, 6.45) is 2.51. The van der Waals surface area contributed by atoms with E-state index in [2.05, 4.69) is 44.5 Å². The Labute approximate surface area is 101 Å². The van der Waals surface area contributed by atoms with Crippen molar-refractivity contribution in [3.8, 4) is 0 Å². The van der Waals surface area contributed by atoms with Crippen LogP contribution in [0.25, 0.3) is 0 Å². The SMILES string of the molecule is C=C(C)CN1CC(CC(C)C)NCC1CC. The summed E-state index contributed by atoms with van der Waals surface area (Å²) in [5.41, 5.74) is 1.28. The number of hydrogen-bond donors (Lipinski definition) is 1. The molecule has 0 aromatic heterocycles. The van der Waals surface area contributed by atoms with Crippen LogP contribution in [0.3, 0.4) is 0 Å². The average molecular weight is 224 g/mol. The minimum atomic E-state index is 0.669. The molecule has 1 aliphatic rings. The van der Waals surface area contributed by atoms with Gasteiger partial charge in [-0.2, -0.15) is 0 Å². The van der Waals surface area contributed by atoms with Crippen molar-refractivity contribution in [3.63, 3.8) is 0 Å². The summed E-state index contributed by atoms with van der Waals surface area (Å²) in [6, 6.07) is 1.36. The monoisotopic (exact) mass is 224 g/mol. The first-order valence-corrected chi connectivity index (χ1v) is 6.64. The van der Waals surface area contributed by atoms with Gasteiger partial charge in [-0.1, -0.05) is 32.9 Å². The van der Waals surface area contributed by atoms with Crippen LogP contribution < -0.4 is 5.32 Å². The third-order valence-electron chi connectivity index (χ3n) is 3.31. The van der Waals surface area contributed by atoms with Crippen molar-refractivity contribution in [1.82, 2.24) is 10.2 Å². The molecule has 2 unspecified atom stereocenters. The van der Waals surface area contributed by atoms with Crippen LogP contribution in [0.4, 0.5) is 0 Å². The molecule has 0 aliphatic carbocycles. The van der Waals surface area contributed by atoms with E-state index in [-0.39, 0.29) is 0 Å². The third kappa shape index (κ3) is 4.26. The van der Waals surface area contributed by atoms with E-state index in [1.807, 2.05) is 0 Å². The minimum absolute atomic E-state index is 0.669. The molecule has 1 rings (SSSR count). The van der Waals surface area contributed by atoms with Crippen LogP contribution >= 0.6 is 0 Å². The van der Waals surface area contributed by atoms with E-state index in [9.17, 15) is 0 Å². The fourth-order valence-corrected chi connectivity index (χ4v) is 2.60. The van der Waals surface area contributed by atoms with E-state index in [0.717, 1.165) is 19.0 Å². The lowest BCUT2D eigenvalue weighted by Crippen LogP contribution is -2.56. The van der Waals surface area contributed by atoms with Gasteiger partial charge in [0.25, 0.3) is 0 Å². The van der Waals surface area contributed by atoms with Gasteiger partial charge >= 0.3 is 0 Å². The zero-order valence-electron chi connectivity index (χ0n) is 11.4. The second kappa shape index (κ2) is 6.41. The molecule has 0 amide bonds. The fraction of sp³-hybridized carbons (Fsp3) is 0.857. The molecule has 2 atom stereocenters. The number of piperazine rings is 1. The van der Waals surface area contributed by atoms with Gasteiger partial charge in [0, 0.05) is 31.7 Å². The summed E-state index contributed by atoms with van der Waals surface area (Å²) >= 11 is 0. The van der Waals surface area contributed by atoms with Crippen molar-refractivity contribution in [2.75, 3.05) is 19.6 Å². The standard InChI is InChI=1S/C14H28N2/c1-6-14-8-15-13(7-11(2)3)10-16(14)9-12(4)5/h11,13-15H,4,6-10H2,1-3,5H3. The summed E-state index contributed by atoms with van der Waals surface area (Å²) < 4.78 is 0. The lowest BCUT2D eigenvalue weighted by atomic mass is 9.98. The average Bonchev–Trinajstić information content (AvgIpc) is 2.16. The lowest BCUT2D eigenvalue weighted by Gasteiger charge is -2.40. The molecule has 1 fully saturated rings. The second-order valence-electron chi connectivity index (χ2n) is 5.68. The van der Waals surface area contributed by atoms with Crippen molar-refractivity contribution >= 4 is 0 Å². The van der Waals surface area contributed by atoms with E-state index < -0.39 is 0 Å². The molecule has 0 spiro atoms. The molecule has 1 aliphatic heterocycles. The highest BCUT2D eigenvalue weighted by molar-refractivity contribution is 4.96. The maximum absolute atomic E-state index is 4.04. The van der Waals surface area contributed by atoms with Crippen LogP contribution in [0.1, 0.15) is 40.5 Å². The number of hydrogen-bond acceptors (Lipinski definition) is 2. The Morgan fingerprint density at radius 3 is 2.69 bits per heavy atom. The zero-order valence-corrected chi connectivity index (χ0v) is 11.4. The van der Waals surface area contributed by atoms with Gasteiger partial charge < -0.3 is 5.32 Å². The molecular formula is C14H28N2. The first-order valence-electron chi connectivity index (χ1n) is 6.64. The maximum Gasteiger partial charge on any atom is 0.0222 e. The Morgan fingerprint density at radius 2 is 2.19 bits per heavy atom. The Hall–Kier alpha value is -0.340. The van der Waals surface area contributed by atoms with E-state index in [1.165, 1.54) is 25.0 Å². The first kappa shape index (κ1) is 13.7. The topological polar surface area (TPSA) is 15.3 Å². The van der Waals surface area contributed by atoms with Crippen LogP contribution in [-0.2, 0) is 0 Å². The molecule has 94 valence electrons. The summed E-state index contributed by atoms with van der Waals surface area (Å²) in [6.45, 7) is 16.4. The van der Waals surface area contributed by atoms with Gasteiger partial charge in [-0.15, -0.1) is 0 Å². The molecule has 1 saturated heterocycles. The first-order chi connectivity index (χ1) is 7.52. The highest BCUT2D eigenvalue weighted by Gasteiger charge is 2.26. The summed E-state index contributed by atoms with van der Waals surface area (Å²) in [7, 11) is 0. The molecule has 2 nitrogen and oxygen atoms in total. The van der Waals surface area contributed by atoms with Crippen molar-refractivity contribution < 1.29 is 0 Å². The van der Waals surface area contributed by atoms with Gasteiger partial charge in [-0.05, 0) is 25.7 Å². The molecule has 0 radical (unpaired) electrons. The largest absolute Gasteiger partial charge is 0.311 e. The van der Waals surface area contributed by atoms with Gasteiger partial charge in [0.15, 0.2) is 0 Å². The van der Waals surface area contributed by atoms with Gasteiger partial charge in [-0.25, -0.2) is 0 Å². The molecule has 1 heterocycles. The molecule has 16 heavy (non-hydrogen) atoms. The zero-order chi connectivity index (χ0) is 12.1. The smallest absolute Gasteiger partial charge is 0.0222 e. The summed E-state index contributed by atoms with van der Waals surface area (Å²) in [4.78, 5) is 2.60. The van der Waals surface area contributed by atoms with E-state index in [0.29, 0.717) is 12.1 Å². The van der Waals surface area contributed by atoms with Crippen LogP contribution in [0.15, 0.2) is 12.2 Å². The fourth-order valence-electron chi connectivity index (χ4n) is 2.60. The van der Waals surface area contributed by atoms with Crippen LogP contribution in [-0.4, -0.2) is 36.6 Å². The number of nitrogens with one attached hydrogen (secondary N) is 1. The highest BCUT2D eigenvalue weighted by Crippen LogP contribution is 2.16. The summed E-state index contributed by atoms with van der Waals surface area (Å²) in [5, 5.41) is 3.68. The second-order valence-corrected chi connectivity index (χ2v) is 5.68. The van der Waals surface area contributed by atoms with E-state index >= 15 is 0 Å². The van der Waals surface area contributed by atoms with Crippen molar-refractivity contribution in [2.24, 2.45) is 5.92 Å². The Bertz CT molecular complexity index is 223. The molecule has 0 bridgehead atoms. The molecule has 2 heteroatoms. The minimum Gasteiger partial charge on any atom is -0.311 e. The number of nitrogens with zero attached hydrogens (tertiary/aromatic N) is 1. The molecule has 0 aromatic rings. The molecule has 1 N–H and O–H groups in total. The molecular weight excluding hydrogens is 196 g/mol. The summed E-state index contributed by atoms with van der Waals surface area (Å²) in [5.74, 6) is 0.780. The Morgan fingerprint density at radius 1 is 1.50 bits per heavy atom. The quantitative estimate of drug-likeness (QED) is 0.722. The van der Waals surface area contributed by atoms with Gasteiger partial charge in [0.1, 0.15) is 0 Å². The molecule has 0 saturated carbocycles. The predicted molar refractivity (Wildman–Crippen MR) is 71.7 cm³/mol. The van der Waals surface area contributed by atoms with Gasteiger partial charge in [0.2, 0.25) is 0 Å². The van der Waals surface area contributed by atoms with E-state index in [4.69, 9.17) is 0 Å². The third-order valence-corrected chi connectivity index (χ3v) is 3.31. The van der Waals surface area contributed by atoms with Crippen LogP contribution in [0.2, 0.25) is 0 Å². The number of rotatable bonds is 5. The molecule has 0 aromatic carbocycles. The van der Waals surface area contributed by atoms with Gasteiger partial charge in [0.05, 0.1) is 0 Å². The predicted octanol–water partition coefficient (Wildman–Crippen LogP) is 2.66. The van der Waals surface area contributed by atoms with Crippen molar-refractivity contribution in [2.45, 2.75) is 52.6 Å². The maximum atomic E-state index is 4.04. The van der Waals surface area contributed by atoms with Gasteiger partial charge in [-0.3, -0.25) is 4.90 Å². The van der Waals surface area contributed by atoms with Crippen LogP contribution in [0, 0.1) is 5.92 Å². The Balaban J connectivity index is 2.51. The van der Waals surface area contributed by atoms with Crippen molar-refractivity contribution in [3.05, 3.63) is 12.2 Å². The highest BCUT2D eigenvalue weighted by atomic mass is 15.2. The normalized spacial score (nSPS) is 27.3. The lowest BCUT2D eigenvalue weighted by molar-refractivity contribution is 0.129. The van der Waals surface area contributed by atoms with E-state index in [1.54, 1.807) is 0 Å².